The molecule has 0 saturated heterocycles. The molecule has 0 spiro atoms. The van der Waals surface area contributed by atoms with Crippen LogP contribution in [0, 0.1) is 0 Å². The van der Waals surface area contributed by atoms with Crippen molar-refractivity contribution in [2.45, 2.75) is 18.9 Å². The molecule has 1 aliphatic carbocycles. The second-order valence-corrected chi connectivity index (χ2v) is 2.33. The van der Waals surface area contributed by atoms with Crippen molar-refractivity contribution in [3.8, 4) is 0 Å². The van der Waals surface area contributed by atoms with E-state index in [1.165, 1.54) is 12.8 Å². The number of hydrogen-bond acceptors (Lipinski definition) is 1. The summed E-state index contributed by atoms with van der Waals surface area (Å²) in [5, 5.41) is 2.91. The molecule has 0 amide bonds. The maximum atomic E-state index is 4.09. The van der Waals surface area contributed by atoms with Gasteiger partial charge in [0.2, 0.25) is 0 Å². The van der Waals surface area contributed by atoms with E-state index in [9.17, 15) is 0 Å². The Morgan fingerprint density at radius 1 is 1.71 bits per heavy atom. The highest BCUT2D eigenvalue weighted by molar-refractivity contribution is 7.96. The van der Waals surface area contributed by atoms with Gasteiger partial charge in [0.25, 0.3) is 0 Å². The van der Waals surface area contributed by atoms with Crippen molar-refractivity contribution in [1.82, 2.24) is 0 Å². The van der Waals surface area contributed by atoms with Crippen LogP contribution in [0.1, 0.15) is 12.8 Å². The van der Waals surface area contributed by atoms with Crippen LogP contribution < -0.4 is 0 Å². The van der Waals surface area contributed by atoms with Gasteiger partial charge in [-0.05, 0) is 19.1 Å². The minimum absolute atomic E-state index is 0.660. The van der Waals surface area contributed by atoms with Crippen LogP contribution in [0.15, 0.2) is 4.99 Å². The third kappa shape index (κ3) is 1.91. The van der Waals surface area contributed by atoms with Crippen LogP contribution in [-0.2, 0) is 0 Å². The van der Waals surface area contributed by atoms with Crippen molar-refractivity contribution in [3.63, 3.8) is 0 Å². The fourth-order valence-corrected chi connectivity index (χ4v) is 0.622. The summed E-state index contributed by atoms with van der Waals surface area (Å²) in [6.45, 7) is 0. The first kappa shape index (κ1) is 5.07. The Morgan fingerprint density at radius 2 is 2.43 bits per heavy atom. The SMILES string of the molecule is C[SH]=C=NC1CC1. The lowest BCUT2D eigenvalue weighted by Gasteiger charge is -1.68. The van der Waals surface area contributed by atoms with Gasteiger partial charge in [0, 0.05) is 5.16 Å². The maximum absolute atomic E-state index is 4.09. The molecular weight excluding hydrogens is 106 g/mol. The summed E-state index contributed by atoms with van der Waals surface area (Å²) in [6, 6.07) is 0.660. The lowest BCUT2D eigenvalue weighted by molar-refractivity contribution is 1.08. The van der Waals surface area contributed by atoms with E-state index in [1.807, 2.05) is 6.26 Å². The maximum Gasteiger partial charge on any atom is 0.0601 e. The largest absolute Gasteiger partial charge is 0.234 e. The molecule has 0 bridgehead atoms. The van der Waals surface area contributed by atoms with Gasteiger partial charge in [-0.2, -0.15) is 0 Å². The van der Waals surface area contributed by atoms with E-state index in [4.69, 9.17) is 0 Å². The van der Waals surface area contributed by atoms with Crippen LogP contribution in [0.2, 0.25) is 0 Å². The molecule has 0 aromatic heterocycles. The second-order valence-electron chi connectivity index (χ2n) is 1.68. The number of aliphatic imine (C=N–C) groups is 1. The molecule has 0 aromatic carbocycles. The van der Waals surface area contributed by atoms with Gasteiger partial charge in [0.15, 0.2) is 0 Å². The summed E-state index contributed by atoms with van der Waals surface area (Å²) in [5.74, 6) is 0. The van der Waals surface area contributed by atoms with E-state index >= 15 is 0 Å². The van der Waals surface area contributed by atoms with Crippen LogP contribution in [0.5, 0.6) is 0 Å². The first-order valence-electron chi connectivity index (χ1n) is 2.47. The molecule has 2 heteroatoms. The summed E-state index contributed by atoms with van der Waals surface area (Å²) >= 11 is 1.16. The Balaban J connectivity index is 2.30. The van der Waals surface area contributed by atoms with Gasteiger partial charge in [0.05, 0.1) is 6.04 Å². The molecule has 1 rings (SSSR count). The topological polar surface area (TPSA) is 12.4 Å². The molecular formula is C5H9NS. The highest BCUT2D eigenvalue weighted by Gasteiger charge is 2.18. The molecule has 1 aliphatic rings. The summed E-state index contributed by atoms with van der Waals surface area (Å²) in [5.41, 5.74) is 0. The van der Waals surface area contributed by atoms with Gasteiger partial charge in [0.1, 0.15) is 0 Å². The molecule has 0 atom stereocenters. The van der Waals surface area contributed by atoms with Gasteiger partial charge in [-0.1, -0.05) is 0 Å². The quantitative estimate of drug-likeness (QED) is 0.299. The van der Waals surface area contributed by atoms with Crippen LogP contribution in [0.4, 0.5) is 0 Å². The zero-order valence-corrected chi connectivity index (χ0v) is 5.28. The van der Waals surface area contributed by atoms with E-state index in [2.05, 4.69) is 10.2 Å². The molecule has 7 heavy (non-hydrogen) atoms. The van der Waals surface area contributed by atoms with Crippen molar-refractivity contribution < 1.29 is 0 Å². The van der Waals surface area contributed by atoms with E-state index in [1.54, 1.807) is 0 Å². The average molecular weight is 115 g/mol. The average Bonchev–Trinajstić information content (AvgIpc) is 2.42. The molecule has 1 nitrogen and oxygen atoms in total. The number of rotatable bonds is 1. The molecule has 40 valence electrons. The summed E-state index contributed by atoms with van der Waals surface area (Å²) in [7, 11) is 0. The lowest BCUT2D eigenvalue weighted by Crippen LogP contribution is -1.65. The van der Waals surface area contributed by atoms with Gasteiger partial charge in [-0.3, -0.25) is 0 Å². The number of isothiocyanates is 1. The molecule has 0 unspecified atom stereocenters. The van der Waals surface area contributed by atoms with E-state index in [0.29, 0.717) is 6.04 Å². The summed E-state index contributed by atoms with van der Waals surface area (Å²) < 4.78 is 0. The van der Waals surface area contributed by atoms with Gasteiger partial charge >= 0.3 is 0 Å². The first-order valence-corrected chi connectivity index (χ1v) is 3.81. The van der Waals surface area contributed by atoms with Crippen molar-refractivity contribution in [2.75, 3.05) is 6.26 Å². The Hall–Kier alpha value is -0.0700. The minimum Gasteiger partial charge on any atom is -0.234 e. The fraction of sp³-hybridized carbons (Fsp3) is 0.800. The van der Waals surface area contributed by atoms with Crippen molar-refractivity contribution in [3.05, 3.63) is 0 Å². The number of hydrogen-bond donors (Lipinski definition) is 1. The highest BCUT2D eigenvalue weighted by Crippen LogP contribution is 2.22. The van der Waals surface area contributed by atoms with Crippen molar-refractivity contribution >= 4 is 16.5 Å². The standard InChI is InChI=1S/C5H9NS/c1-7-4-6-5-2-3-5/h5,7H,2-3H2,1H3. The van der Waals surface area contributed by atoms with E-state index < -0.39 is 0 Å². The number of thiol groups is 1. The van der Waals surface area contributed by atoms with Crippen molar-refractivity contribution in [2.24, 2.45) is 4.99 Å². The van der Waals surface area contributed by atoms with E-state index in [0.717, 1.165) is 11.4 Å². The van der Waals surface area contributed by atoms with Gasteiger partial charge < -0.3 is 0 Å². The normalized spacial score (nSPS) is 18.4. The summed E-state index contributed by atoms with van der Waals surface area (Å²) in [6.07, 6.45) is 4.62. The molecule has 0 N–H and O–H groups in total. The molecule has 0 aromatic rings. The smallest absolute Gasteiger partial charge is 0.0601 e. The van der Waals surface area contributed by atoms with Crippen LogP contribution in [0.25, 0.3) is 0 Å². The predicted octanol–water partition coefficient (Wildman–Crippen LogP) is 1.15. The van der Waals surface area contributed by atoms with Crippen LogP contribution in [0.3, 0.4) is 0 Å². The number of nitrogens with zero attached hydrogens (tertiary/aromatic N) is 1. The third-order valence-electron chi connectivity index (χ3n) is 0.887. The predicted molar refractivity (Wildman–Crippen MR) is 35.4 cm³/mol. The molecule has 0 radical (unpaired) electrons. The molecule has 1 fully saturated rings. The van der Waals surface area contributed by atoms with E-state index in [-0.39, 0.29) is 0 Å². The Bertz CT molecular complexity index is 109. The van der Waals surface area contributed by atoms with Crippen molar-refractivity contribution in [1.29, 1.82) is 0 Å². The fourth-order valence-electron chi connectivity index (χ4n) is 0.343. The monoisotopic (exact) mass is 115 g/mol. The highest BCUT2D eigenvalue weighted by atomic mass is 32.1. The first-order chi connectivity index (χ1) is 3.43. The Kier molecular flexibility index (Phi) is 1.66. The minimum atomic E-state index is 0.660. The molecule has 0 heterocycles. The summed E-state index contributed by atoms with van der Waals surface area (Å²) in [4.78, 5) is 4.09. The van der Waals surface area contributed by atoms with Gasteiger partial charge in [-0.15, -0.1) is 11.4 Å². The Morgan fingerprint density at radius 3 is 2.86 bits per heavy atom. The van der Waals surface area contributed by atoms with Crippen LogP contribution in [-0.4, -0.2) is 17.5 Å². The third-order valence-corrected chi connectivity index (χ3v) is 1.20. The molecule has 1 saturated carbocycles. The zero-order chi connectivity index (χ0) is 5.11. The lowest BCUT2D eigenvalue weighted by atomic mass is 10.8. The Labute approximate surface area is 47.4 Å². The van der Waals surface area contributed by atoms with Gasteiger partial charge in [-0.25, -0.2) is 4.99 Å². The second kappa shape index (κ2) is 2.29. The zero-order valence-electron chi connectivity index (χ0n) is 4.39. The van der Waals surface area contributed by atoms with Crippen LogP contribution >= 0.6 is 11.4 Å². The molecule has 0 aliphatic heterocycles.